The standard InChI is InChI=1S/C5H8O3Si/c1-8-4(6)2-3-5(7)9/h2-3H,1,9H3/b3-2+. The summed E-state index contributed by atoms with van der Waals surface area (Å²) in [4.78, 5) is 20.5. The average molecular weight is 144 g/mol. The molecule has 0 bridgehead atoms. The zero-order valence-electron chi connectivity index (χ0n) is 5.38. The molecule has 0 heterocycles. The lowest BCUT2D eigenvalue weighted by atomic mass is 10.5. The number of carbonyl (C=O) groups is 2. The van der Waals surface area contributed by atoms with Crippen LogP contribution in [-0.4, -0.2) is 28.7 Å². The lowest BCUT2D eigenvalue weighted by Crippen LogP contribution is -1.96. The van der Waals surface area contributed by atoms with Crippen molar-refractivity contribution in [1.82, 2.24) is 0 Å². The minimum absolute atomic E-state index is 0.0274. The molecule has 0 saturated heterocycles. The van der Waals surface area contributed by atoms with Gasteiger partial charge in [0.1, 0.15) is 5.41 Å². The molecule has 0 radical (unpaired) electrons. The van der Waals surface area contributed by atoms with Gasteiger partial charge in [0.05, 0.1) is 17.4 Å². The van der Waals surface area contributed by atoms with Crippen molar-refractivity contribution in [3.63, 3.8) is 0 Å². The molecule has 0 aromatic rings. The fourth-order valence-electron chi connectivity index (χ4n) is 0.253. The summed E-state index contributed by atoms with van der Waals surface area (Å²) >= 11 is 0. The van der Waals surface area contributed by atoms with Gasteiger partial charge in [-0.3, -0.25) is 0 Å². The fourth-order valence-corrected chi connectivity index (χ4v) is 0.420. The predicted molar refractivity (Wildman–Crippen MR) is 36.1 cm³/mol. The third-order valence-corrected chi connectivity index (χ3v) is 0.989. The van der Waals surface area contributed by atoms with E-state index in [-0.39, 0.29) is 5.41 Å². The van der Waals surface area contributed by atoms with E-state index >= 15 is 0 Å². The van der Waals surface area contributed by atoms with Crippen LogP contribution < -0.4 is 0 Å². The van der Waals surface area contributed by atoms with Gasteiger partial charge in [0.2, 0.25) is 0 Å². The lowest BCUT2D eigenvalue weighted by molar-refractivity contribution is -0.135. The molecule has 0 fully saturated rings. The van der Waals surface area contributed by atoms with E-state index in [1.165, 1.54) is 13.2 Å². The third kappa shape index (κ3) is 4.96. The van der Waals surface area contributed by atoms with Gasteiger partial charge in [-0.05, 0) is 6.08 Å². The molecular formula is C5H8O3Si. The van der Waals surface area contributed by atoms with Crippen molar-refractivity contribution in [3.05, 3.63) is 12.2 Å². The number of hydrogen-bond acceptors (Lipinski definition) is 3. The van der Waals surface area contributed by atoms with Crippen molar-refractivity contribution in [1.29, 1.82) is 0 Å². The van der Waals surface area contributed by atoms with Crippen LogP contribution >= 0.6 is 0 Å². The van der Waals surface area contributed by atoms with Gasteiger partial charge in [0.15, 0.2) is 0 Å². The molecule has 0 aliphatic carbocycles. The lowest BCUT2D eigenvalue weighted by Gasteiger charge is -1.86. The Bertz CT molecular complexity index is 150. The Balaban J connectivity index is 3.71. The Labute approximate surface area is 56.1 Å². The van der Waals surface area contributed by atoms with Crippen LogP contribution in [0.4, 0.5) is 0 Å². The highest BCUT2D eigenvalue weighted by molar-refractivity contribution is 6.61. The summed E-state index contributed by atoms with van der Waals surface area (Å²) in [6.07, 6.45) is 2.34. The minimum Gasteiger partial charge on any atom is -0.466 e. The molecule has 0 amide bonds. The number of rotatable bonds is 2. The number of carbonyl (C=O) groups excluding carboxylic acids is 2. The monoisotopic (exact) mass is 144 g/mol. The molecule has 0 atom stereocenters. The largest absolute Gasteiger partial charge is 0.466 e. The highest BCUT2D eigenvalue weighted by Gasteiger charge is 1.89. The summed E-state index contributed by atoms with van der Waals surface area (Å²) in [5.41, 5.74) is 0. The summed E-state index contributed by atoms with van der Waals surface area (Å²) in [7, 11) is 1.71. The fraction of sp³-hybridized carbons (Fsp3) is 0.200. The number of hydrogen-bond donors (Lipinski definition) is 0. The summed E-state index contributed by atoms with van der Waals surface area (Å²) < 4.78 is 4.24. The second-order valence-electron chi connectivity index (χ2n) is 1.47. The third-order valence-electron chi connectivity index (χ3n) is 0.655. The zero-order chi connectivity index (χ0) is 7.28. The van der Waals surface area contributed by atoms with Crippen molar-refractivity contribution in [2.45, 2.75) is 0 Å². The van der Waals surface area contributed by atoms with Gasteiger partial charge in [-0.2, -0.15) is 0 Å². The van der Waals surface area contributed by atoms with Crippen LogP contribution in [0.1, 0.15) is 0 Å². The van der Waals surface area contributed by atoms with E-state index in [0.717, 1.165) is 6.08 Å². The van der Waals surface area contributed by atoms with Crippen LogP contribution in [0.3, 0.4) is 0 Å². The van der Waals surface area contributed by atoms with Crippen LogP contribution in [0.5, 0.6) is 0 Å². The van der Waals surface area contributed by atoms with Crippen LogP contribution in [0.25, 0.3) is 0 Å². The van der Waals surface area contributed by atoms with Gasteiger partial charge >= 0.3 is 5.97 Å². The highest BCUT2D eigenvalue weighted by Crippen LogP contribution is 1.76. The SMILES string of the molecule is COC(=O)/C=C/C(=O)[SiH3]. The second kappa shape index (κ2) is 4.02. The van der Waals surface area contributed by atoms with E-state index in [0.29, 0.717) is 10.2 Å². The number of esters is 1. The van der Waals surface area contributed by atoms with E-state index < -0.39 is 5.97 Å². The van der Waals surface area contributed by atoms with Gasteiger partial charge < -0.3 is 9.53 Å². The quantitative estimate of drug-likeness (QED) is 0.272. The molecule has 0 N–H and O–H groups in total. The van der Waals surface area contributed by atoms with Crippen molar-refractivity contribution >= 4 is 21.6 Å². The topological polar surface area (TPSA) is 43.4 Å². The summed E-state index contributed by atoms with van der Waals surface area (Å²) in [5.74, 6) is -0.487. The van der Waals surface area contributed by atoms with E-state index in [1.807, 2.05) is 0 Å². The molecule has 0 saturated carbocycles. The first kappa shape index (κ1) is 8.10. The first-order chi connectivity index (χ1) is 4.16. The normalized spacial score (nSPS) is 9.89. The molecule has 0 aliphatic rings. The molecule has 50 valence electrons. The van der Waals surface area contributed by atoms with Crippen LogP contribution in [0.2, 0.25) is 0 Å². The molecule has 0 spiro atoms. The van der Waals surface area contributed by atoms with E-state index in [2.05, 4.69) is 4.74 Å². The predicted octanol–water partition coefficient (Wildman–Crippen LogP) is -1.39. The molecule has 0 aliphatic heterocycles. The van der Waals surface area contributed by atoms with Crippen molar-refractivity contribution < 1.29 is 14.3 Å². The van der Waals surface area contributed by atoms with Crippen LogP contribution in [0.15, 0.2) is 12.2 Å². The maximum Gasteiger partial charge on any atom is 0.330 e. The summed E-state index contributed by atoms with van der Waals surface area (Å²) in [6.45, 7) is 0. The first-order valence-corrected chi connectivity index (χ1v) is 3.43. The molecular weight excluding hydrogens is 136 g/mol. The van der Waals surface area contributed by atoms with Crippen molar-refractivity contribution in [3.8, 4) is 0 Å². The Kier molecular flexibility index (Phi) is 3.62. The minimum atomic E-state index is -0.487. The molecule has 0 unspecified atom stereocenters. The van der Waals surface area contributed by atoms with E-state index in [4.69, 9.17) is 0 Å². The average Bonchev–Trinajstić information content (AvgIpc) is 1.83. The van der Waals surface area contributed by atoms with Crippen molar-refractivity contribution in [2.75, 3.05) is 7.11 Å². The number of allylic oxidation sites excluding steroid dienone is 1. The molecule has 3 nitrogen and oxygen atoms in total. The maximum atomic E-state index is 10.3. The van der Waals surface area contributed by atoms with Gasteiger partial charge in [0.25, 0.3) is 0 Å². The Morgan fingerprint density at radius 1 is 1.44 bits per heavy atom. The maximum absolute atomic E-state index is 10.3. The zero-order valence-corrected chi connectivity index (χ0v) is 7.38. The number of methoxy groups -OCH3 is 1. The Morgan fingerprint density at radius 3 is 2.33 bits per heavy atom. The highest BCUT2D eigenvalue weighted by atomic mass is 28.1. The van der Waals surface area contributed by atoms with Gasteiger partial charge in [0, 0.05) is 6.08 Å². The molecule has 0 aromatic carbocycles. The summed E-state index contributed by atoms with van der Waals surface area (Å²) in [5, 5.41) is -0.0274. The van der Waals surface area contributed by atoms with E-state index in [1.54, 1.807) is 0 Å². The summed E-state index contributed by atoms with van der Waals surface area (Å²) in [6, 6.07) is 0. The molecule has 0 aromatic heterocycles. The van der Waals surface area contributed by atoms with Crippen LogP contribution in [0, 0.1) is 0 Å². The smallest absolute Gasteiger partial charge is 0.330 e. The van der Waals surface area contributed by atoms with Gasteiger partial charge in [-0.1, -0.05) is 0 Å². The molecule has 4 heteroatoms. The van der Waals surface area contributed by atoms with E-state index in [9.17, 15) is 9.59 Å². The Morgan fingerprint density at radius 2 is 2.00 bits per heavy atom. The molecule has 9 heavy (non-hydrogen) atoms. The Hall–Kier alpha value is -0.903. The first-order valence-electron chi connectivity index (χ1n) is 2.43. The van der Waals surface area contributed by atoms with Gasteiger partial charge in [-0.25, -0.2) is 4.79 Å². The second-order valence-corrected chi connectivity index (χ2v) is 2.45. The molecule has 0 rings (SSSR count). The number of ether oxygens (including phenoxy) is 1. The van der Waals surface area contributed by atoms with Gasteiger partial charge in [-0.15, -0.1) is 0 Å². The van der Waals surface area contributed by atoms with Crippen molar-refractivity contribution in [2.24, 2.45) is 0 Å². The van der Waals surface area contributed by atoms with Crippen LogP contribution in [-0.2, 0) is 14.3 Å².